The summed E-state index contributed by atoms with van der Waals surface area (Å²) in [6.07, 6.45) is -12.1. The van der Waals surface area contributed by atoms with Crippen LogP contribution in [0.1, 0.15) is 13.3 Å². The lowest BCUT2D eigenvalue weighted by molar-refractivity contribution is -0.493. The standard InChI is InChI=1S/C24H9F37O2/c1-3-63-6(62)5(2)4-7(25,26)8(27,28)9(29,30)10(31,32)11(33,34)12(35,36)13(37,38)14(39,40)15(41,42)16(43,44)17(45,46)18(47,48)19(49,50)20(51,52)21(53,54)22(55,56)23(57,58)24(59,60)61/h2-4H2,1H3. The Morgan fingerprint density at radius 2 is 0.476 bits per heavy atom. The molecule has 0 heterocycles. The van der Waals surface area contributed by atoms with Crippen LogP contribution in [-0.2, 0) is 9.53 Å². The molecule has 0 fully saturated rings. The van der Waals surface area contributed by atoms with Gasteiger partial charge in [0.25, 0.3) is 0 Å². The van der Waals surface area contributed by atoms with Crippen molar-refractivity contribution in [1.29, 1.82) is 0 Å². The molecule has 0 amide bonds. The molecule has 0 rings (SSSR count). The molecule has 0 saturated heterocycles. The van der Waals surface area contributed by atoms with E-state index in [0.29, 0.717) is 0 Å². The second kappa shape index (κ2) is 15.1. The van der Waals surface area contributed by atoms with Gasteiger partial charge in [-0.2, -0.15) is 162 Å². The van der Waals surface area contributed by atoms with Crippen molar-refractivity contribution in [1.82, 2.24) is 0 Å². The predicted molar refractivity (Wildman–Crippen MR) is 121 cm³/mol. The molecule has 63 heavy (non-hydrogen) atoms. The van der Waals surface area contributed by atoms with Crippen LogP contribution in [0, 0.1) is 0 Å². The van der Waals surface area contributed by atoms with Gasteiger partial charge in [-0.05, 0) is 6.92 Å². The summed E-state index contributed by atoms with van der Waals surface area (Å²) in [4.78, 5) is 11.2. The Morgan fingerprint density at radius 3 is 0.635 bits per heavy atom. The van der Waals surface area contributed by atoms with Crippen LogP contribution in [0.3, 0.4) is 0 Å². The Bertz CT molecular complexity index is 1690. The molecule has 39 heteroatoms. The largest absolute Gasteiger partial charge is 0.463 e. The van der Waals surface area contributed by atoms with Crippen LogP contribution in [0.4, 0.5) is 162 Å². The molecule has 0 aromatic rings. The van der Waals surface area contributed by atoms with Crippen LogP contribution >= 0.6 is 0 Å². The van der Waals surface area contributed by atoms with E-state index in [9.17, 15) is 167 Å². The van der Waals surface area contributed by atoms with Crippen LogP contribution in [0.15, 0.2) is 12.2 Å². The van der Waals surface area contributed by atoms with E-state index >= 15 is 0 Å². The van der Waals surface area contributed by atoms with Crippen molar-refractivity contribution in [2.75, 3.05) is 6.61 Å². The van der Waals surface area contributed by atoms with Crippen molar-refractivity contribution in [3.05, 3.63) is 12.2 Å². The van der Waals surface area contributed by atoms with Gasteiger partial charge >= 0.3 is 113 Å². The van der Waals surface area contributed by atoms with Crippen LogP contribution in [-0.4, -0.2) is 119 Å². The second-order valence-corrected chi connectivity index (χ2v) is 11.9. The highest BCUT2D eigenvalue weighted by molar-refractivity contribution is 5.87. The van der Waals surface area contributed by atoms with Gasteiger partial charge in [-0.15, -0.1) is 0 Å². The van der Waals surface area contributed by atoms with E-state index < -0.39 is 131 Å². The van der Waals surface area contributed by atoms with Gasteiger partial charge in [0.05, 0.1) is 6.61 Å². The number of carbonyl (C=O) groups is 1. The molecule has 0 spiro atoms. The summed E-state index contributed by atoms with van der Waals surface area (Å²) < 4.78 is 511. The summed E-state index contributed by atoms with van der Waals surface area (Å²) in [5.41, 5.74) is -2.30. The lowest BCUT2D eigenvalue weighted by atomic mass is 9.82. The normalized spacial score (nSPS) is 16.7. The van der Waals surface area contributed by atoms with Crippen molar-refractivity contribution < 1.29 is 172 Å². The number of hydrogen-bond donors (Lipinski definition) is 0. The number of esters is 1. The first kappa shape index (κ1) is 59.6. The first-order valence-electron chi connectivity index (χ1n) is 14.0. The van der Waals surface area contributed by atoms with Crippen molar-refractivity contribution in [2.45, 2.75) is 120 Å². The van der Waals surface area contributed by atoms with E-state index in [1.54, 1.807) is 0 Å². The number of rotatable bonds is 20. The zero-order valence-corrected chi connectivity index (χ0v) is 27.9. The van der Waals surface area contributed by atoms with E-state index in [-0.39, 0.29) is 0 Å². The number of hydrogen-bond acceptors (Lipinski definition) is 2. The average molecular weight is 1030 g/mol. The van der Waals surface area contributed by atoms with Crippen LogP contribution < -0.4 is 0 Å². The first-order valence-corrected chi connectivity index (χ1v) is 14.0. The minimum absolute atomic E-state index is 0.726. The highest BCUT2D eigenvalue weighted by Gasteiger charge is 3.02. The van der Waals surface area contributed by atoms with Gasteiger partial charge in [-0.25, -0.2) is 4.79 Å². The van der Waals surface area contributed by atoms with E-state index in [1.807, 2.05) is 0 Å². The van der Waals surface area contributed by atoms with Gasteiger partial charge in [0.1, 0.15) is 0 Å². The van der Waals surface area contributed by atoms with Gasteiger partial charge in [-0.3, -0.25) is 0 Å². The van der Waals surface area contributed by atoms with E-state index in [0.717, 1.165) is 6.92 Å². The van der Waals surface area contributed by atoms with Crippen molar-refractivity contribution in [3.63, 3.8) is 0 Å². The Hall–Kier alpha value is -3.38. The Labute approximate surface area is 318 Å². The number of carbonyl (C=O) groups excluding carboxylic acids is 1. The third-order valence-electron chi connectivity index (χ3n) is 7.73. The smallest absolute Gasteiger partial charge is 0.460 e. The summed E-state index contributed by atoms with van der Waals surface area (Å²) in [7, 11) is 0. The molecule has 0 aliphatic carbocycles. The fraction of sp³-hybridized carbons (Fsp3) is 0.875. The molecule has 0 aliphatic rings. The van der Waals surface area contributed by atoms with E-state index in [2.05, 4.69) is 11.3 Å². The topological polar surface area (TPSA) is 26.3 Å². The minimum Gasteiger partial charge on any atom is -0.463 e. The monoisotopic (exact) mass is 1030 g/mol. The van der Waals surface area contributed by atoms with Gasteiger partial charge in [-0.1, -0.05) is 6.58 Å². The number of ether oxygens (including phenoxy) is 1. The lowest BCUT2D eigenvalue weighted by Gasteiger charge is -2.47. The summed E-state index contributed by atoms with van der Waals surface area (Å²) in [5, 5.41) is 0. The van der Waals surface area contributed by atoms with E-state index in [1.165, 1.54) is 0 Å². The Morgan fingerprint density at radius 1 is 0.317 bits per heavy atom. The van der Waals surface area contributed by atoms with Crippen LogP contribution in [0.25, 0.3) is 0 Å². The molecular formula is C24H9F37O2. The SMILES string of the molecule is C=C(CC(F)(F)C(F)(F)C(F)(F)C(F)(F)C(F)(F)C(F)(F)C(F)(F)C(F)(F)C(F)(F)C(F)(F)C(F)(F)C(F)(F)C(F)(F)C(F)(F)C(F)(F)C(F)(F)C(F)(F)C(F)(F)F)C(=O)OCC. The first-order chi connectivity index (χ1) is 26.6. The minimum atomic E-state index is -10.5. The lowest BCUT2D eigenvalue weighted by Crippen LogP contribution is -2.80. The highest BCUT2D eigenvalue weighted by atomic mass is 19.4. The molecule has 376 valence electrons. The summed E-state index contributed by atoms with van der Waals surface area (Å²) in [6, 6.07) is 0. The maximum atomic E-state index is 14.1. The summed E-state index contributed by atoms with van der Waals surface area (Å²) >= 11 is 0. The Kier molecular flexibility index (Phi) is 14.3. The number of halogens is 37. The van der Waals surface area contributed by atoms with Gasteiger partial charge < -0.3 is 4.74 Å². The van der Waals surface area contributed by atoms with Gasteiger partial charge in [0, 0.05) is 12.0 Å². The molecule has 0 saturated carbocycles. The molecule has 0 radical (unpaired) electrons. The molecule has 0 aromatic carbocycles. The third kappa shape index (κ3) is 7.19. The molecule has 0 atom stereocenters. The maximum absolute atomic E-state index is 14.1. The van der Waals surface area contributed by atoms with Gasteiger partial charge in [0.2, 0.25) is 0 Å². The van der Waals surface area contributed by atoms with E-state index in [4.69, 9.17) is 0 Å². The maximum Gasteiger partial charge on any atom is 0.460 e. The second-order valence-electron chi connectivity index (χ2n) is 11.9. The average Bonchev–Trinajstić information content (AvgIpc) is 3.05. The van der Waals surface area contributed by atoms with Crippen molar-refractivity contribution in [2.24, 2.45) is 0 Å². The van der Waals surface area contributed by atoms with Crippen molar-refractivity contribution >= 4 is 5.97 Å². The molecule has 0 aromatic heterocycles. The van der Waals surface area contributed by atoms with Crippen LogP contribution in [0.5, 0.6) is 0 Å². The molecule has 0 N–H and O–H groups in total. The molecule has 0 unspecified atom stereocenters. The summed E-state index contributed by atoms with van der Waals surface area (Å²) in [6.45, 7) is 1.82. The fourth-order valence-electron chi connectivity index (χ4n) is 3.85. The van der Waals surface area contributed by atoms with Crippen molar-refractivity contribution in [3.8, 4) is 0 Å². The van der Waals surface area contributed by atoms with Crippen LogP contribution in [0.2, 0.25) is 0 Å². The zero-order valence-electron chi connectivity index (χ0n) is 27.9. The molecule has 2 nitrogen and oxygen atoms in total. The fourth-order valence-corrected chi connectivity index (χ4v) is 3.85. The molecular weight excluding hydrogens is 1020 g/mol. The Balaban J connectivity index is 7.83. The summed E-state index contributed by atoms with van der Waals surface area (Å²) in [5.74, 6) is -169. The highest BCUT2D eigenvalue weighted by Crippen LogP contribution is 2.70. The molecule has 0 bridgehead atoms. The quantitative estimate of drug-likeness (QED) is 0.0690. The molecule has 0 aliphatic heterocycles. The predicted octanol–water partition coefficient (Wildman–Crippen LogP) is 12.9. The van der Waals surface area contributed by atoms with Gasteiger partial charge in [0.15, 0.2) is 0 Å². The third-order valence-corrected chi connectivity index (χ3v) is 7.73. The number of alkyl halides is 37. The zero-order chi connectivity index (χ0) is 52.3.